The van der Waals surface area contributed by atoms with E-state index < -0.39 is 6.04 Å². The number of imide groups is 1. The summed E-state index contributed by atoms with van der Waals surface area (Å²) in [7, 11) is 1.55. The van der Waals surface area contributed by atoms with Crippen molar-refractivity contribution in [3.63, 3.8) is 0 Å². The predicted octanol–water partition coefficient (Wildman–Crippen LogP) is 2.56. The number of carbonyl (C=O) groups is 3. The lowest BCUT2D eigenvalue weighted by Crippen LogP contribution is -2.34. The Morgan fingerprint density at radius 3 is 2.58 bits per heavy atom. The molecule has 4 rings (SSSR count). The molecule has 2 aromatic rings. The molecule has 0 saturated carbocycles. The summed E-state index contributed by atoms with van der Waals surface area (Å²) in [6.45, 7) is 3.82. The van der Waals surface area contributed by atoms with Gasteiger partial charge < -0.3 is 5.32 Å². The molecule has 0 aliphatic carbocycles. The second kappa shape index (κ2) is 5.69. The molecule has 1 atom stereocenters. The SMILES string of the molecule is CNC(=O)c1ccc(C)c(N2C(=O)C3Cc4c(C)cccc4N3C2=O)c1. The van der Waals surface area contributed by atoms with Crippen molar-refractivity contribution >= 4 is 29.2 Å². The summed E-state index contributed by atoms with van der Waals surface area (Å²) in [6.07, 6.45) is 0.525. The number of hydrogen-bond acceptors (Lipinski definition) is 3. The van der Waals surface area contributed by atoms with Gasteiger partial charge in [0.1, 0.15) is 6.04 Å². The van der Waals surface area contributed by atoms with Crippen molar-refractivity contribution in [1.29, 1.82) is 0 Å². The van der Waals surface area contributed by atoms with Crippen LogP contribution >= 0.6 is 0 Å². The topological polar surface area (TPSA) is 69.7 Å². The number of rotatable bonds is 2. The van der Waals surface area contributed by atoms with E-state index in [1.54, 1.807) is 30.1 Å². The third-order valence-corrected chi connectivity index (χ3v) is 5.20. The molecule has 0 bridgehead atoms. The van der Waals surface area contributed by atoms with Crippen LogP contribution in [-0.2, 0) is 11.2 Å². The second-order valence-corrected chi connectivity index (χ2v) is 6.70. The summed E-state index contributed by atoms with van der Waals surface area (Å²) in [5.74, 6) is -0.505. The maximum Gasteiger partial charge on any atom is 0.336 e. The number of fused-ring (bicyclic) bond motifs is 3. The molecule has 2 aromatic carbocycles. The highest BCUT2D eigenvalue weighted by molar-refractivity contribution is 6.30. The number of carbonyl (C=O) groups excluding carboxylic acids is 3. The minimum Gasteiger partial charge on any atom is -0.355 e. The Labute approximate surface area is 151 Å². The van der Waals surface area contributed by atoms with Gasteiger partial charge in [-0.1, -0.05) is 18.2 Å². The van der Waals surface area contributed by atoms with Crippen LogP contribution in [-0.4, -0.2) is 30.9 Å². The first kappa shape index (κ1) is 16.3. The van der Waals surface area contributed by atoms with Gasteiger partial charge in [0.05, 0.1) is 5.69 Å². The summed E-state index contributed by atoms with van der Waals surface area (Å²) in [5.41, 5.74) is 4.58. The van der Waals surface area contributed by atoms with Gasteiger partial charge in [-0.2, -0.15) is 0 Å². The maximum atomic E-state index is 13.1. The van der Waals surface area contributed by atoms with E-state index in [1.165, 1.54) is 4.90 Å². The molecule has 26 heavy (non-hydrogen) atoms. The zero-order valence-electron chi connectivity index (χ0n) is 14.9. The summed E-state index contributed by atoms with van der Waals surface area (Å²) in [5, 5.41) is 2.56. The van der Waals surface area contributed by atoms with Crippen molar-refractivity contribution in [2.45, 2.75) is 26.3 Å². The number of nitrogens with one attached hydrogen (secondary N) is 1. The lowest BCUT2D eigenvalue weighted by molar-refractivity contribution is -0.117. The normalized spacial score (nSPS) is 18.2. The Balaban J connectivity index is 1.78. The van der Waals surface area contributed by atoms with Crippen molar-refractivity contribution in [3.8, 4) is 0 Å². The fourth-order valence-electron chi connectivity index (χ4n) is 3.77. The fraction of sp³-hybridized carbons (Fsp3) is 0.250. The van der Waals surface area contributed by atoms with Crippen LogP contribution in [0.5, 0.6) is 0 Å². The minimum atomic E-state index is -0.512. The van der Waals surface area contributed by atoms with Gasteiger partial charge in [-0.05, 0) is 48.7 Å². The number of aryl methyl sites for hydroxylation is 2. The van der Waals surface area contributed by atoms with Crippen LogP contribution in [0.4, 0.5) is 16.2 Å². The van der Waals surface area contributed by atoms with Crippen molar-refractivity contribution in [3.05, 3.63) is 58.7 Å². The maximum absolute atomic E-state index is 13.1. The third-order valence-electron chi connectivity index (χ3n) is 5.20. The molecule has 1 fully saturated rings. The van der Waals surface area contributed by atoms with Crippen LogP contribution in [0, 0.1) is 13.8 Å². The third kappa shape index (κ3) is 2.15. The molecular weight excluding hydrogens is 330 g/mol. The van der Waals surface area contributed by atoms with E-state index in [4.69, 9.17) is 0 Å². The Morgan fingerprint density at radius 1 is 1.08 bits per heavy atom. The average molecular weight is 349 g/mol. The molecule has 4 amide bonds. The van der Waals surface area contributed by atoms with Gasteiger partial charge in [-0.15, -0.1) is 0 Å². The van der Waals surface area contributed by atoms with Gasteiger partial charge in [0, 0.05) is 24.7 Å². The molecule has 6 heteroatoms. The molecule has 6 nitrogen and oxygen atoms in total. The predicted molar refractivity (Wildman–Crippen MR) is 98.6 cm³/mol. The summed E-state index contributed by atoms with van der Waals surface area (Å²) >= 11 is 0. The van der Waals surface area contributed by atoms with E-state index in [9.17, 15) is 14.4 Å². The van der Waals surface area contributed by atoms with Crippen LogP contribution in [0.25, 0.3) is 0 Å². The van der Waals surface area contributed by atoms with Crippen LogP contribution in [0.15, 0.2) is 36.4 Å². The lowest BCUT2D eigenvalue weighted by Gasteiger charge is -2.19. The Bertz CT molecular complexity index is 967. The molecule has 132 valence electrons. The molecular formula is C20H19N3O3. The number of hydrogen-bond donors (Lipinski definition) is 1. The van der Waals surface area contributed by atoms with Crippen LogP contribution in [0.3, 0.4) is 0 Å². The minimum absolute atomic E-state index is 0.247. The van der Waals surface area contributed by atoms with E-state index in [-0.39, 0.29) is 17.8 Å². The smallest absolute Gasteiger partial charge is 0.336 e. The lowest BCUT2D eigenvalue weighted by atomic mass is 10.0. The van der Waals surface area contributed by atoms with Gasteiger partial charge in [0.2, 0.25) is 0 Å². The number of urea groups is 1. The molecule has 2 heterocycles. The van der Waals surface area contributed by atoms with Gasteiger partial charge in [0.25, 0.3) is 11.8 Å². The highest BCUT2D eigenvalue weighted by Gasteiger charge is 2.51. The Morgan fingerprint density at radius 2 is 1.85 bits per heavy atom. The first-order valence-corrected chi connectivity index (χ1v) is 8.52. The average Bonchev–Trinajstić information content (AvgIpc) is 3.13. The molecule has 0 spiro atoms. The van der Waals surface area contributed by atoms with Gasteiger partial charge >= 0.3 is 6.03 Å². The van der Waals surface area contributed by atoms with Crippen LogP contribution < -0.4 is 15.1 Å². The van der Waals surface area contributed by atoms with Crippen LogP contribution in [0.2, 0.25) is 0 Å². The number of amides is 4. The number of nitrogens with zero attached hydrogens (tertiary/aromatic N) is 2. The molecule has 1 N–H and O–H groups in total. The van der Waals surface area contributed by atoms with Crippen molar-refractivity contribution in [2.75, 3.05) is 16.8 Å². The van der Waals surface area contributed by atoms with Crippen molar-refractivity contribution in [1.82, 2.24) is 5.32 Å². The van der Waals surface area contributed by atoms with E-state index in [0.29, 0.717) is 17.7 Å². The molecule has 1 unspecified atom stereocenters. The van der Waals surface area contributed by atoms with Gasteiger partial charge in [0.15, 0.2) is 0 Å². The second-order valence-electron chi connectivity index (χ2n) is 6.70. The number of benzene rings is 2. The standard InChI is InChI=1S/C20H19N3O3/c1-11-5-4-6-15-14(11)10-17-19(25)23(20(26)22(15)17)16-9-13(18(24)21-3)8-7-12(16)2/h4-9,17H,10H2,1-3H3,(H,21,24). The summed E-state index contributed by atoms with van der Waals surface area (Å²) < 4.78 is 0. The van der Waals surface area contributed by atoms with E-state index in [1.807, 2.05) is 32.0 Å². The van der Waals surface area contributed by atoms with Crippen molar-refractivity contribution < 1.29 is 14.4 Å². The highest BCUT2D eigenvalue weighted by Crippen LogP contribution is 2.41. The van der Waals surface area contributed by atoms with Crippen molar-refractivity contribution in [2.24, 2.45) is 0 Å². The number of anilines is 2. The molecule has 0 aromatic heterocycles. The van der Waals surface area contributed by atoms with Gasteiger partial charge in [-0.25, -0.2) is 9.69 Å². The zero-order chi connectivity index (χ0) is 18.6. The largest absolute Gasteiger partial charge is 0.355 e. The Kier molecular flexibility index (Phi) is 3.57. The summed E-state index contributed by atoms with van der Waals surface area (Å²) in [4.78, 5) is 40.9. The monoisotopic (exact) mass is 349 g/mol. The highest BCUT2D eigenvalue weighted by atomic mass is 16.2. The zero-order valence-corrected chi connectivity index (χ0v) is 14.9. The molecule has 2 aliphatic rings. The first-order chi connectivity index (χ1) is 12.4. The molecule has 1 saturated heterocycles. The van der Waals surface area contributed by atoms with E-state index in [0.717, 1.165) is 22.4 Å². The van der Waals surface area contributed by atoms with Gasteiger partial charge in [-0.3, -0.25) is 14.5 Å². The molecule has 0 radical (unpaired) electrons. The van der Waals surface area contributed by atoms with E-state index >= 15 is 0 Å². The molecule has 2 aliphatic heterocycles. The van der Waals surface area contributed by atoms with E-state index in [2.05, 4.69) is 5.32 Å². The fourth-order valence-corrected chi connectivity index (χ4v) is 3.77. The quantitative estimate of drug-likeness (QED) is 0.847. The Hall–Kier alpha value is -3.15. The summed E-state index contributed by atoms with van der Waals surface area (Å²) in [6, 6.07) is 9.93. The first-order valence-electron chi connectivity index (χ1n) is 8.52. The van der Waals surface area contributed by atoms with Crippen LogP contribution in [0.1, 0.15) is 27.0 Å².